The quantitative estimate of drug-likeness (QED) is 0.0416. The Morgan fingerprint density at radius 2 is 0.858 bits per heavy atom. The summed E-state index contributed by atoms with van der Waals surface area (Å²) < 4.78 is 123. The monoisotopic (exact) mass is 1690 g/mol. The fourth-order valence-electron chi connectivity index (χ4n) is 15.8. The van der Waals surface area contributed by atoms with Gasteiger partial charge in [0.15, 0.2) is 53.0 Å². The molecule has 0 bridgehead atoms. The van der Waals surface area contributed by atoms with Crippen LogP contribution in [0.5, 0.6) is 17.2 Å². The number of pyridine rings is 3. The number of ether oxygens (including phenoxy) is 5. The van der Waals surface area contributed by atoms with Crippen molar-refractivity contribution in [2.24, 2.45) is 5.73 Å². The molecular formula is C80H76ClF6ILiN9O15. The van der Waals surface area contributed by atoms with Crippen molar-refractivity contribution in [3.05, 3.63) is 264 Å². The average Bonchev–Trinajstić information content (AvgIpc) is 1.63. The Morgan fingerprint density at radius 1 is 0.504 bits per heavy atom. The van der Waals surface area contributed by atoms with Crippen molar-refractivity contribution in [3.8, 4) is 17.2 Å². The number of carbonyl (C=O) groups is 5. The normalized spacial score (nSPS) is 19.6. The van der Waals surface area contributed by atoms with Gasteiger partial charge in [0.1, 0.15) is 59.2 Å². The standard InChI is InChI=1S/C29H27F2N3O5.C22H21F2N3O5.C21H21IN2O4.C7H7F2N.CO.ClH.Li/c30-19-9-8-18(20(31)14-19)15-32-27(36)23-21-10-11-22-29-33(12-4-5-13-38-29)28(37)24(34(21)22)26(25(23)35)39-16-17-6-2-1-3-7-17;23-12-4-3-11(13(24)9-12)10-25-20(30)16-14-5-6-15-22-26(7-1-2-8-32-22)21(31)17(27(14)15)19(29)18(16)28;22-16-14-8-9-15-21-23(10-4-5-11-27-21)20(26)17(24(14)15)19(18(16)25)28-12-13-6-2-1-3-7-13;8-6-2-1-5(4-10)7(9)3-6;1-2;;/h1-3,6-9,14,22,29H,4-5,10-13,15-16H2,(H,32,36);3-4,9,15,22,29H,1-2,5-8,10H2,(H,25,30);1-3,6-7,15,21H,4-5,8-12H2;1-3H,4,10H2;;1H;/q;;;;;;+1/p-1. The molecule has 17 rings (SSSR count). The van der Waals surface area contributed by atoms with Crippen LogP contribution in [-0.2, 0) is 71.0 Å². The van der Waals surface area contributed by atoms with Crippen molar-refractivity contribution in [2.45, 2.75) is 147 Å². The minimum Gasteiger partial charge on any atom is -1.00 e. The van der Waals surface area contributed by atoms with Crippen LogP contribution in [0.3, 0.4) is 0 Å². The van der Waals surface area contributed by atoms with Gasteiger partial charge in [0.25, 0.3) is 29.5 Å². The molecule has 3 fully saturated rings. The van der Waals surface area contributed by atoms with Gasteiger partial charge in [-0.3, -0.25) is 38.4 Å². The zero-order chi connectivity index (χ0) is 78.5. The van der Waals surface area contributed by atoms with Gasteiger partial charge in [-0.1, -0.05) is 78.9 Å². The van der Waals surface area contributed by atoms with Gasteiger partial charge in [-0.05, 0) is 129 Å². The fraction of sp³-hybridized carbons (Fsp3) is 0.362. The number of amides is 5. The minimum atomic E-state index is -0.938. The first kappa shape index (κ1) is 84.4. The van der Waals surface area contributed by atoms with Crippen LogP contribution in [0.1, 0.15) is 173 Å². The van der Waals surface area contributed by atoms with E-state index in [0.29, 0.717) is 97.4 Å². The van der Waals surface area contributed by atoms with Gasteiger partial charge >= 0.3 is 30.2 Å². The van der Waals surface area contributed by atoms with E-state index in [1.807, 2.05) is 70.1 Å². The van der Waals surface area contributed by atoms with Crippen LogP contribution in [-0.4, -0.2) is 121 Å². The summed E-state index contributed by atoms with van der Waals surface area (Å²) in [6.07, 6.45) is 7.27. The van der Waals surface area contributed by atoms with Crippen LogP contribution >= 0.6 is 22.6 Å². The second kappa shape index (κ2) is 37.2. The predicted octanol–water partition coefficient (Wildman–Crippen LogP) is 4.06. The number of nitrogens with zero attached hydrogens (tertiary/aromatic N) is 6. The Bertz CT molecular complexity index is 5160. The van der Waals surface area contributed by atoms with E-state index in [1.165, 1.54) is 24.3 Å². The number of nitrogens with one attached hydrogen (secondary N) is 2. The van der Waals surface area contributed by atoms with Crippen molar-refractivity contribution in [1.29, 1.82) is 0 Å². The summed E-state index contributed by atoms with van der Waals surface area (Å²) in [7, 11) is 0. The van der Waals surface area contributed by atoms with Crippen molar-refractivity contribution in [2.75, 3.05) is 39.5 Å². The zero-order valence-electron chi connectivity index (χ0n) is 61.1. The van der Waals surface area contributed by atoms with E-state index >= 15 is 0 Å². The van der Waals surface area contributed by atoms with Crippen LogP contribution in [0.15, 0.2) is 130 Å². The van der Waals surface area contributed by atoms with Crippen LogP contribution < -0.4 is 73.4 Å². The molecule has 24 nitrogen and oxygen atoms in total. The second-order valence-corrected chi connectivity index (χ2v) is 28.7. The molecule has 3 aromatic heterocycles. The maximum Gasteiger partial charge on any atom is 1.00 e. The van der Waals surface area contributed by atoms with Gasteiger partial charge in [0.05, 0.1) is 21.7 Å². The summed E-state index contributed by atoms with van der Waals surface area (Å²) in [6, 6.07) is 27.8. The third-order valence-electron chi connectivity index (χ3n) is 21.0. The minimum absolute atomic E-state index is 0. The number of carbonyl (C=O) groups excluding carboxylic acids is 5. The number of benzene rings is 5. The van der Waals surface area contributed by atoms with Crippen molar-refractivity contribution < 1.29 is 115 Å². The molecule has 12 heterocycles. The molecule has 0 radical (unpaired) electrons. The number of fused-ring (bicyclic) bond motifs is 6. The first-order valence-electron chi connectivity index (χ1n) is 36.4. The molecule has 33 heteroatoms. The Hall–Kier alpha value is -9.52. The van der Waals surface area contributed by atoms with Crippen LogP contribution in [0.25, 0.3) is 0 Å². The number of aromatic nitrogens is 3. The van der Waals surface area contributed by atoms with Crippen molar-refractivity contribution >= 4 is 52.1 Å². The Balaban J connectivity index is 0.000000156. The first-order valence-corrected chi connectivity index (χ1v) is 37.5. The van der Waals surface area contributed by atoms with Crippen LogP contribution in [0.4, 0.5) is 26.3 Å². The first-order chi connectivity index (χ1) is 53.7. The maximum absolute atomic E-state index is 14.2. The third-order valence-corrected chi connectivity index (χ3v) is 22.1. The molecule has 9 aliphatic heterocycles. The maximum atomic E-state index is 14.2. The number of rotatable bonds is 13. The van der Waals surface area contributed by atoms with Gasteiger partial charge in [-0.2, -0.15) is 0 Å². The summed E-state index contributed by atoms with van der Waals surface area (Å²) in [5.41, 5.74) is 7.30. The second-order valence-electron chi connectivity index (χ2n) is 27.6. The summed E-state index contributed by atoms with van der Waals surface area (Å²) in [5.74, 6) is -7.53. The van der Waals surface area contributed by atoms with Gasteiger partial charge in [-0.15, -0.1) is 0 Å². The van der Waals surface area contributed by atoms with Crippen LogP contribution in [0, 0.1) is 45.1 Å². The molecule has 0 saturated carbocycles. The number of halogens is 8. The molecule has 6 atom stereocenters. The third kappa shape index (κ3) is 17.0. The molecule has 5 amide bonds. The summed E-state index contributed by atoms with van der Waals surface area (Å²) in [5, 5.41) is 15.7. The smallest absolute Gasteiger partial charge is 1.00 e. The fourth-order valence-corrected chi connectivity index (χ4v) is 16.6. The summed E-state index contributed by atoms with van der Waals surface area (Å²) in [4.78, 5) is 112. The van der Waals surface area contributed by atoms with E-state index in [9.17, 15) is 69.8 Å². The van der Waals surface area contributed by atoms with Gasteiger partial charge < -0.3 is 86.0 Å². The predicted molar refractivity (Wildman–Crippen MR) is 393 cm³/mol. The Kier molecular flexibility index (Phi) is 27.8. The number of aromatic hydroxyl groups is 1. The van der Waals surface area contributed by atoms with Crippen molar-refractivity contribution in [3.63, 3.8) is 0 Å². The molecule has 5 N–H and O–H groups in total. The van der Waals surface area contributed by atoms with E-state index in [-0.39, 0.29) is 151 Å². The van der Waals surface area contributed by atoms with Gasteiger partial charge in [0, 0.05) is 111 Å². The summed E-state index contributed by atoms with van der Waals surface area (Å²) in [6.45, 7) is 7.70. The Morgan fingerprint density at radius 3 is 1.26 bits per heavy atom. The zero-order valence-corrected chi connectivity index (χ0v) is 64.1. The van der Waals surface area contributed by atoms with E-state index in [1.54, 1.807) is 18.9 Å². The number of hydrogen-bond acceptors (Lipinski definition) is 15. The van der Waals surface area contributed by atoms with Crippen molar-refractivity contribution in [1.82, 2.24) is 39.0 Å². The molecule has 113 heavy (non-hydrogen) atoms. The number of nitrogens with two attached hydrogens (primary N) is 1. The molecule has 6 unspecified atom stereocenters. The van der Waals surface area contributed by atoms with E-state index < -0.39 is 81.7 Å². The van der Waals surface area contributed by atoms with E-state index in [4.69, 9.17) is 34.1 Å². The molecule has 0 aliphatic carbocycles. The summed E-state index contributed by atoms with van der Waals surface area (Å²) >= 11 is 2.10. The molecule has 9 aliphatic rings. The largest absolute Gasteiger partial charge is 1.00 e. The molecule has 0 spiro atoms. The average molecular weight is 1690 g/mol. The van der Waals surface area contributed by atoms with Crippen LogP contribution in [0.2, 0.25) is 0 Å². The topological polar surface area (TPSA) is 297 Å². The van der Waals surface area contributed by atoms with E-state index in [0.717, 1.165) is 92.5 Å². The molecule has 5 aromatic carbocycles. The van der Waals surface area contributed by atoms with Gasteiger partial charge in [0.2, 0.25) is 16.3 Å². The Labute approximate surface area is 675 Å². The van der Waals surface area contributed by atoms with E-state index in [2.05, 4.69) is 39.9 Å². The molecule has 3 saturated heterocycles. The molecule has 588 valence electrons. The SMILES string of the molecule is NCc1ccc(F)cc1F.O=C(NCc1ccc(F)cc1F)c1c2n3c(c(O)c1=O)C(=O)N1CCCCOC1C3CC2.O=C(NCc1ccc(F)cc1F)c1c2n3c(c(OCc4ccccc4)c1=O)C(=O)N1CCCCOC1C3CC2.O=C1c2c(OCc3ccccc3)c(=O)c(I)c3n2C(CC3)C2OCCCCN12.[C-]#[O+].[Cl-].[Li+]. The molecular weight excluding hydrogens is 1610 g/mol. The molecule has 8 aromatic rings. The van der Waals surface area contributed by atoms with Gasteiger partial charge in [-0.25, -0.2) is 26.3 Å². The number of hydrogen-bond donors (Lipinski definition) is 4.